The summed E-state index contributed by atoms with van der Waals surface area (Å²) < 4.78 is 10.9. The molecule has 0 amide bonds. The molecule has 2 aromatic rings. The van der Waals surface area contributed by atoms with E-state index in [1.165, 1.54) is 13.0 Å². The molecule has 1 aromatic heterocycles. The number of ether oxygens (including phenoxy) is 2. The number of aliphatic imine (C=N–C) groups is 1. The molecular formula is C20H19N9O6. The third-order valence-corrected chi connectivity index (χ3v) is 4.87. The summed E-state index contributed by atoms with van der Waals surface area (Å²) in [5, 5.41) is 44.7. The highest BCUT2D eigenvalue weighted by Gasteiger charge is 2.33. The van der Waals surface area contributed by atoms with E-state index in [0.717, 1.165) is 6.07 Å². The highest BCUT2D eigenvalue weighted by atomic mass is 16.6. The van der Waals surface area contributed by atoms with E-state index in [0.29, 0.717) is 0 Å². The Balaban J connectivity index is 2.31. The van der Waals surface area contributed by atoms with Gasteiger partial charge in [0.15, 0.2) is 18.0 Å². The number of benzene rings is 1. The lowest BCUT2D eigenvalue weighted by Gasteiger charge is -2.26. The first-order chi connectivity index (χ1) is 16.6. The minimum Gasteiger partial charge on any atom is -0.490 e. The van der Waals surface area contributed by atoms with E-state index in [9.17, 15) is 25.3 Å². The summed E-state index contributed by atoms with van der Waals surface area (Å²) >= 11 is 0. The van der Waals surface area contributed by atoms with E-state index in [1.807, 2.05) is 6.07 Å². The van der Waals surface area contributed by atoms with Gasteiger partial charge in [-0.3, -0.25) is 15.4 Å². The number of anilines is 3. The Morgan fingerprint density at radius 3 is 2.71 bits per heavy atom. The van der Waals surface area contributed by atoms with Crippen LogP contribution in [0.2, 0.25) is 0 Å². The van der Waals surface area contributed by atoms with Gasteiger partial charge < -0.3 is 31.4 Å². The molecule has 0 fully saturated rings. The Labute approximate surface area is 197 Å². The van der Waals surface area contributed by atoms with Crippen molar-refractivity contribution in [2.45, 2.75) is 26.0 Å². The van der Waals surface area contributed by atoms with Gasteiger partial charge in [-0.15, -0.1) is 0 Å². The topological polar surface area (TPSA) is 248 Å². The molecule has 15 nitrogen and oxygen atoms in total. The Kier molecular flexibility index (Phi) is 6.72. The van der Waals surface area contributed by atoms with Gasteiger partial charge in [0.05, 0.1) is 17.2 Å². The van der Waals surface area contributed by atoms with Crippen LogP contribution in [0.15, 0.2) is 17.1 Å². The monoisotopic (exact) mass is 481 g/mol. The van der Waals surface area contributed by atoms with Gasteiger partial charge in [0.25, 0.3) is 0 Å². The molecule has 180 valence electrons. The number of nitrogens with two attached hydrogens (primary N) is 2. The molecule has 1 aromatic carbocycles. The van der Waals surface area contributed by atoms with Crippen molar-refractivity contribution in [1.82, 2.24) is 10.3 Å². The van der Waals surface area contributed by atoms with Crippen molar-refractivity contribution in [3.63, 3.8) is 0 Å². The number of hydrogen-bond donors (Lipinski definition) is 5. The number of pyridine rings is 1. The number of guanidine groups is 1. The second kappa shape index (κ2) is 9.67. The molecule has 0 bridgehead atoms. The summed E-state index contributed by atoms with van der Waals surface area (Å²) in [4.78, 5) is 30.9. The van der Waals surface area contributed by atoms with Crippen LogP contribution in [0.4, 0.5) is 23.0 Å². The molecular weight excluding hydrogens is 462 g/mol. The number of hydrogen-bond acceptors (Lipinski definition) is 13. The molecule has 0 radical (unpaired) electrons. The number of aromatic nitrogens is 1. The molecule has 35 heavy (non-hydrogen) atoms. The highest BCUT2D eigenvalue weighted by molar-refractivity contribution is 5.98. The van der Waals surface area contributed by atoms with E-state index in [1.54, 1.807) is 13.1 Å². The molecule has 1 aliphatic heterocycles. The van der Waals surface area contributed by atoms with Crippen molar-refractivity contribution >= 4 is 34.9 Å². The lowest BCUT2D eigenvalue weighted by molar-refractivity contribution is -0.386. The average Bonchev–Trinajstić information content (AvgIpc) is 2.79. The van der Waals surface area contributed by atoms with Gasteiger partial charge in [-0.2, -0.15) is 10.5 Å². The van der Waals surface area contributed by atoms with Crippen molar-refractivity contribution in [2.24, 2.45) is 4.99 Å². The minimum atomic E-state index is -1.41. The molecule has 0 saturated carbocycles. The number of nitrogens with zero attached hydrogens (tertiary/aromatic N) is 5. The number of rotatable bonds is 7. The molecule has 0 aliphatic carbocycles. The van der Waals surface area contributed by atoms with Crippen LogP contribution in [0.1, 0.15) is 36.6 Å². The number of nitro groups is 1. The van der Waals surface area contributed by atoms with Gasteiger partial charge in [-0.1, -0.05) is 0 Å². The van der Waals surface area contributed by atoms with Gasteiger partial charge in [-0.25, -0.2) is 14.8 Å². The standard InChI is InChI=1S/C20H19N9O6/c1-3-34-12-5-9(4-11(29(32)33)16(12)35-8(2)19(30)31)15-13-14(23)10(6-21)17(24)27-18(13)28-20(26-15)25-7-22/h4-5,8,15H,3H2,1-2H3,(H,30,31)(H6,23,24,25,26,27,28). The summed E-state index contributed by atoms with van der Waals surface area (Å²) in [5.74, 6) is -1.97. The van der Waals surface area contributed by atoms with Crippen LogP contribution in [-0.4, -0.2) is 39.7 Å². The second-order valence-corrected chi connectivity index (χ2v) is 7.06. The van der Waals surface area contributed by atoms with E-state index >= 15 is 0 Å². The van der Waals surface area contributed by atoms with Crippen molar-refractivity contribution < 1.29 is 24.3 Å². The van der Waals surface area contributed by atoms with E-state index in [2.05, 4.69) is 20.6 Å². The largest absolute Gasteiger partial charge is 0.490 e. The molecule has 15 heteroatoms. The van der Waals surface area contributed by atoms with Crippen LogP contribution >= 0.6 is 0 Å². The first-order valence-electron chi connectivity index (χ1n) is 9.96. The first-order valence-corrected chi connectivity index (χ1v) is 9.96. The minimum absolute atomic E-state index is 0.0542. The van der Waals surface area contributed by atoms with Gasteiger partial charge in [0, 0.05) is 11.6 Å². The van der Waals surface area contributed by atoms with Crippen LogP contribution in [0.5, 0.6) is 11.5 Å². The molecule has 1 aliphatic rings. The summed E-state index contributed by atoms with van der Waals surface area (Å²) in [6.45, 7) is 2.91. The van der Waals surface area contributed by atoms with E-state index in [4.69, 9.17) is 26.2 Å². The SMILES string of the molecule is CCOc1cc(C2N=C(NC#N)Nc3nc(N)c(C#N)c(N)c32)cc([N+](=O)[O-])c1OC(C)C(=O)O. The number of fused-ring (bicyclic) bond motifs is 1. The molecule has 3 rings (SSSR count). The highest BCUT2D eigenvalue weighted by Crippen LogP contribution is 2.46. The zero-order chi connectivity index (χ0) is 25.9. The van der Waals surface area contributed by atoms with Crippen molar-refractivity contribution in [3.05, 3.63) is 38.9 Å². The van der Waals surface area contributed by atoms with Crippen molar-refractivity contribution in [2.75, 3.05) is 23.4 Å². The maximum atomic E-state index is 11.9. The lowest BCUT2D eigenvalue weighted by Crippen LogP contribution is -2.32. The Morgan fingerprint density at radius 1 is 1.43 bits per heavy atom. The van der Waals surface area contributed by atoms with Gasteiger partial charge >= 0.3 is 11.7 Å². The number of nitro benzene ring substituents is 1. The van der Waals surface area contributed by atoms with Crippen LogP contribution in [0, 0.1) is 32.9 Å². The van der Waals surface area contributed by atoms with E-state index < -0.39 is 28.7 Å². The molecule has 2 atom stereocenters. The maximum Gasteiger partial charge on any atom is 0.344 e. The van der Waals surface area contributed by atoms with Crippen LogP contribution in [0.3, 0.4) is 0 Å². The number of aliphatic carboxylic acids is 1. The Hall–Kier alpha value is -5.31. The average molecular weight is 481 g/mol. The molecule has 0 spiro atoms. The van der Waals surface area contributed by atoms with E-state index in [-0.39, 0.29) is 58.1 Å². The normalized spacial score (nSPS) is 14.7. The predicted octanol–water partition coefficient (Wildman–Crippen LogP) is 1.22. The summed E-state index contributed by atoms with van der Waals surface area (Å²) in [6, 6.07) is 3.25. The summed E-state index contributed by atoms with van der Waals surface area (Å²) in [7, 11) is 0. The zero-order valence-corrected chi connectivity index (χ0v) is 18.4. The summed E-state index contributed by atoms with van der Waals surface area (Å²) in [5.41, 5.74) is 11.6. The number of nitriles is 2. The third-order valence-electron chi connectivity index (χ3n) is 4.87. The second-order valence-electron chi connectivity index (χ2n) is 7.06. The fraction of sp³-hybridized carbons (Fsp3) is 0.250. The van der Waals surface area contributed by atoms with Crippen molar-refractivity contribution in [1.29, 1.82) is 10.5 Å². The van der Waals surface area contributed by atoms with Gasteiger partial charge in [0.2, 0.25) is 11.7 Å². The van der Waals surface area contributed by atoms with Crippen LogP contribution in [0.25, 0.3) is 0 Å². The lowest BCUT2D eigenvalue weighted by atomic mass is 9.94. The molecule has 2 unspecified atom stereocenters. The summed E-state index contributed by atoms with van der Waals surface area (Å²) in [6.07, 6.45) is 0.287. The predicted molar refractivity (Wildman–Crippen MR) is 121 cm³/mol. The number of nitrogens with one attached hydrogen (secondary N) is 2. The first kappa shape index (κ1) is 24.3. The number of carbonyl (C=O) groups is 1. The zero-order valence-electron chi connectivity index (χ0n) is 18.4. The third kappa shape index (κ3) is 4.60. The van der Waals surface area contributed by atoms with Gasteiger partial charge in [0.1, 0.15) is 29.3 Å². The van der Waals surface area contributed by atoms with Crippen molar-refractivity contribution in [3.8, 4) is 23.8 Å². The van der Waals surface area contributed by atoms with Crippen LogP contribution < -0.4 is 31.6 Å². The Morgan fingerprint density at radius 2 is 2.14 bits per heavy atom. The molecule has 7 N–H and O–H groups in total. The number of carboxylic acid groups (broad SMARTS) is 1. The quantitative estimate of drug-likeness (QED) is 0.162. The number of carboxylic acids is 1. The molecule has 2 heterocycles. The smallest absolute Gasteiger partial charge is 0.344 e. The maximum absolute atomic E-state index is 11.9. The van der Waals surface area contributed by atoms with Gasteiger partial charge in [-0.05, 0) is 25.5 Å². The number of nitrogen functional groups attached to an aromatic ring is 2. The Bertz CT molecular complexity index is 1330. The molecule has 0 saturated heterocycles. The van der Waals surface area contributed by atoms with Crippen LogP contribution in [-0.2, 0) is 4.79 Å². The fourth-order valence-corrected chi connectivity index (χ4v) is 3.33. The fourth-order valence-electron chi connectivity index (χ4n) is 3.33.